The largest absolute Gasteiger partial charge is 0.378 e. The summed E-state index contributed by atoms with van der Waals surface area (Å²) >= 11 is 0. The fourth-order valence-corrected chi connectivity index (χ4v) is 4.79. The Balaban J connectivity index is 1.55. The third-order valence-corrected chi connectivity index (χ3v) is 6.98. The van der Waals surface area contributed by atoms with Crippen molar-refractivity contribution in [3.05, 3.63) is 59.7 Å². The molecule has 0 aliphatic carbocycles. The van der Waals surface area contributed by atoms with E-state index >= 15 is 0 Å². The molecule has 3 amide bonds. The van der Waals surface area contributed by atoms with E-state index in [-0.39, 0.29) is 30.2 Å². The molecule has 0 radical (unpaired) electrons. The summed E-state index contributed by atoms with van der Waals surface area (Å²) < 4.78 is 0. The average Bonchev–Trinajstić information content (AvgIpc) is 3.39. The molecule has 2 aromatic carbocycles. The fourth-order valence-electron chi connectivity index (χ4n) is 4.79. The quantitative estimate of drug-likeness (QED) is 0.452. The van der Waals surface area contributed by atoms with E-state index in [9.17, 15) is 14.4 Å². The van der Waals surface area contributed by atoms with Crippen LogP contribution in [0.15, 0.2) is 53.5 Å². The average molecular weight is 519 g/mol. The Bertz CT molecular complexity index is 1170. The molecule has 2 aliphatic rings. The lowest BCUT2D eigenvalue weighted by Crippen LogP contribution is -2.45. The molecule has 2 N–H and O–H groups in total. The van der Waals surface area contributed by atoms with Gasteiger partial charge in [0.1, 0.15) is 6.04 Å². The van der Waals surface area contributed by atoms with Gasteiger partial charge in [0.15, 0.2) is 0 Å². The van der Waals surface area contributed by atoms with E-state index in [0.29, 0.717) is 18.5 Å². The van der Waals surface area contributed by atoms with Gasteiger partial charge in [-0.1, -0.05) is 12.1 Å². The van der Waals surface area contributed by atoms with Gasteiger partial charge in [-0.3, -0.25) is 19.7 Å². The van der Waals surface area contributed by atoms with Gasteiger partial charge in [-0.2, -0.15) is 0 Å². The molecule has 2 fully saturated rings. The van der Waals surface area contributed by atoms with E-state index < -0.39 is 6.04 Å². The molecule has 38 heavy (non-hydrogen) atoms. The Morgan fingerprint density at radius 2 is 1.71 bits per heavy atom. The Labute approximate surface area is 224 Å². The number of nitrogens with zero attached hydrogens (tertiary/aromatic N) is 4. The van der Waals surface area contributed by atoms with Gasteiger partial charge in [-0.05, 0) is 81.0 Å². The first-order chi connectivity index (χ1) is 18.3. The minimum absolute atomic E-state index is 0.00642. The number of amides is 3. The summed E-state index contributed by atoms with van der Waals surface area (Å²) in [6, 6.07) is 14.3. The number of hydrogen-bond donors (Lipinski definition) is 2. The van der Waals surface area contributed by atoms with E-state index in [1.165, 1.54) is 0 Å². The molecule has 9 nitrogen and oxygen atoms in total. The summed E-state index contributed by atoms with van der Waals surface area (Å²) in [5.41, 5.74) is 3.28. The molecule has 4 rings (SSSR count). The first-order valence-corrected chi connectivity index (χ1v) is 13.4. The van der Waals surface area contributed by atoms with Gasteiger partial charge in [0.05, 0.1) is 6.54 Å². The Kier molecular flexibility index (Phi) is 8.99. The smallest absolute Gasteiger partial charge is 0.257 e. The van der Waals surface area contributed by atoms with Gasteiger partial charge in [0, 0.05) is 50.7 Å². The van der Waals surface area contributed by atoms with E-state index in [0.717, 1.165) is 55.7 Å². The number of guanidine groups is 1. The van der Waals surface area contributed by atoms with Crippen LogP contribution in [-0.2, 0) is 9.59 Å². The number of aryl methyl sites for hydroxylation is 1. The minimum atomic E-state index is -0.687. The van der Waals surface area contributed by atoms with Crippen LogP contribution in [0.2, 0.25) is 0 Å². The molecule has 2 aromatic rings. The van der Waals surface area contributed by atoms with Crippen LogP contribution in [0.3, 0.4) is 0 Å². The third kappa shape index (κ3) is 7.12. The maximum atomic E-state index is 13.5. The van der Waals surface area contributed by atoms with Gasteiger partial charge in [-0.15, -0.1) is 0 Å². The lowest BCUT2D eigenvalue weighted by molar-refractivity contribution is -0.140. The molecule has 2 aliphatic heterocycles. The monoisotopic (exact) mass is 518 g/mol. The van der Waals surface area contributed by atoms with Crippen LogP contribution in [0.1, 0.15) is 48.0 Å². The predicted octanol–water partition coefficient (Wildman–Crippen LogP) is 3.26. The summed E-state index contributed by atoms with van der Waals surface area (Å²) in [4.78, 5) is 49.6. The van der Waals surface area contributed by atoms with Gasteiger partial charge >= 0.3 is 0 Å². The van der Waals surface area contributed by atoms with Gasteiger partial charge < -0.3 is 20.0 Å². The van der Waals surface area contributed by atoms with Crippen LogP contribution in [-0.4, -0.2) is 79.8 Å². The molecular weight excluding hydrogens is 480 g/mol. The lowest BCUT2D eigenvalue weighted by atomic mass is 10.1. The number of carbonyl (C=O) groups is 3. The first-order valence-electron chi connectivity index (χ1n) is 13.4. The molecule has 2 heterocycles. The maximum absolute atomic E-state index is 13.5. The number of benzene rings is 2. The zero-order valence-corrected chi connectivity index (χ0v) is 22.6. The van der Waals surface area contributed by atoms with Crippen molar-refractivity contribution in [3.8, 4) is 0 Å². The molecule has 202 valence electrons. The zero-order valence-electron chi connectivity index (χ0n) is 22.6. The van der Waals surface area contributed by atoms with E-state index in [4.69, 9.17) is 4.99 Å². The van der Waals surface area contributed by atoms with Crippen LogP contribution < -0.4 is 15.5 Å². The van der Waals surface area contributed by atoms with E-state index in [1.54, 1.807) is 17.0 Å². The molecule has 1 atom stereocenters. The Morgan fingerprint density at radius 3 is 2.39 bits per heavy atom. The van der Waals surface area contributed by atoms with Crippen LogP contribution in [0.25, 0.3) is 0 Å². The van der Waals surface area contributed by atoms with E-state index in [2.05, 4.69) is 10.6 Å². The van der Waals surface area contributed by atoms with Crippen molar-refractivity contribution < 1.29 is 14.4 Å². The Hall–Kier alpha value is -3.88. The predicted molar refractivity (Wildman–Crippen MR) is 151 cm³/mol. The topological polar surface area (TPSA) is 97.4 Å². The Morgan fingerprint density at radius 1 is 1.00 bits per heavy atom. The number of hydrogen-bond acceptors (Lipinski definition) is 5. The number of likely N-dealkylation sites (tertiary alicyclic amines) is 2. The third-order valence-electron chi connectivity index (χ3n) is 6.98. The van der Waals surface area contributed by atoms with Crippen LogP contribution in [0, 0.1) is 6.92 Å². The van der Waals surface area contributed by atoms with Crippen molar-refractivity contribution in [2.75, 3.05) is 50.5 Å². The van der Waals surface area contributed by atoms with Crippen molar-refractivity contribution in [2.45, 2.75) is 45.1 Å². The first kappa shape index (κ1) is 27.2. The summed E-state index contributed by atoms with van der Waals surface area (Å²) in [6.45, 7) is 4.12. The molecule has 0 spiro atoms. The van der Waals surface area contributed by atoms with Crippen molar-refractivity contribution in [3.63, 3.8) is 0 Å². The molecular formula is C29H38N6O3. The molecule has 0 bridgehead atoms. The second-order valence-electron chi connectivity index (χ2n) is 10.2. The highest BCUT2D eigenvalue weighted by Gasteiger charge is 2.30. The normalized spacial score (nSPS) is 18.2. The summed E-state index contributed by atoms with van der Waals surface area (Å²) in [6.07, 6.45) is 4.21. The molecule has 9 heteroatoms. The van der Waals surface area contributed by atoms with E-state index in [1.807, 2.05) is 67.2 Å². The number of nitrogens with one attached hydrogen (secondary N) is 2. The molecule has 0 aromatic heterocycles. The highest BCUT2D eigenvalue weighted by molar-refractivity contribution is 6.10. The SMILES string of the molecule is Cc1cccc(NC(=N[C@H]2CCCCN(CC(=O)N3CCCC3)C2=O)NC(=O)c2ccc(N(C)C)cc2)c1. The number of aliphatic imine (C=N–C) groups is 1. The van der Waals surface area contributed by atoms with Crippen LogP contribution in [0.5, 0.6) is 0 Å². The van der Waals surface area contributed by atoms with Crippen molar-refractivity contribution >= 4 is 35.1 Å². The van der Waals surface area contributed by atoms with Gasteiger partial charge in [-0.25, -0.2) is 4.99 Å². The molecule has 2 saturated heterocycles. The summed E-state index contributed by atoms with van der Waals surface area (Å²) in [5.74, 6) is -0.295. The van der Waals surface area contributed by atoms with Gasteiger partial charge in [0.25, 0.3) is 5.91 Å². The number of anilines is 2. The lowest BCUT2D eigenvalue weighted by Gasteiger charge is -2.25. The highest BCUT2D eigenvalue weighted by Crippen LogP contribution is 2.18. The molecule has 0 unspecified atom stereocenters. The second kappa shape index (κ2) is 12.6. The maximum Gasteiger partial charge on any atom is 0.257 e. The molecule has 0 saturated carbocycles. The van der Waals surface area contributed by atoms with Crippen molar-refractivity contribution in [2.24, 2.45) is 4.99 Å². The van der Waals surface area contributed by atoms with Gasteiger partial charge in [0.2, 0.25) is 17.8 Å². The number of rotatable bonds is 6. The number of carbonyl (C=O) groups excluding carboxylic acids is 3. The summed E-state index contributed by atoms with van der Waals surface area (Å²) in [5, 5.41) is 6.08. The highest BCUT2D eigenvalue weighted by atomic mass is 16.2. The van der Waals surface area contributed by atoms with Crippen LogP contribution in [0.4, 0.5) is 11.4 Å². The fraction of sp³-hybridized carbons (Fsp3) is 0.448. The van der Waals surface area contributed by atoms with Crippen LogP contribution >= 0.6 is 0 Å². The van der Waals surface area contributed by atoms with Crippen molar-refractivity contribution in [1.29, 1.82) is 0 Å². The van der Waals surface area contributed by atoms with Crippen molar-refractivity contribution in [1.82, 2.24) is 15.1 Å². The zero-order chi connectivity index (χ0) is 27.1. The minimum Gasteiger partial charge on any atom is -0.378 e. The summed E-state index contributed by atoms with van der Waals surface area (Å²) in [7, 11) is 3.88. The standard InChI is InChI=1S/C29H38N6O3/c1-21-9-8-10-23(19-21)30-29(32-27(37)22-12-14-24(15-13-22)33(2)3)31-25-11-4-5-18-35(28(25)38)20-26(36)34-16-6-7-17-34/h8-10,12-15,19,25H,4-7,11,16-18,20H2,1-3H3,(H2,30,31,32,37)/t25-/m0/s1. The second-order valence-corrected chi connectivity index (χ2v) is 10.2.